The van der Waals surface area contributed by atoms with Crippen molar-refractivity contribution < 1.29 is 9.90 Å². The molecule has 0 spiro atoms. The Morgan fingerprint density at radius 3 is 2.88 bits per heavy atom. The van der Waals surface area contributed by atoms with Gasteiger partial charge in [0.2, 0.25) is 0 Å². The van der Waals surface area contributed by atoms with Crippen LogP contribution in [0.2, 0.25) is 0 Å². The van der Waals surface area contributed by atoms with Gasteiger partial charge >= 0.3 is 6.03 Å². The van der Waals surface area contributed by atoms with Gasteiger partial charge in [-0.1, -0.05) is 28.1 Å². The number of halogens is 1. The van der Waals surface area contributed by atoms with Gasteiger partial charge in [0.15, 0.2) is 0 Å². The number of hydrogen-bond acceptors (Lipinski definition) is 2. The lowest BCUT2D eigenvalue weighted by Crippen LogP contribution is -2.35. The van der Waals surface area contributed by atoms with Crippen LogP contribution in [-0.2, 0) is 6.54 Å². The zero-order valence-electron chi connectivity index (χ0n) is 8.87. The zero-order valence-corrected chi connectivity index (χ0v) is 10.5. The number of aliphatic hydroxyl groups is 1. The van der Waals surface area contributed by atoms with Crippen LogP contribution in [0.5, 0.6) is 0 Å². The summed E-state index contributed by atoms with van der Waals surface area (Å²) < 4.78 is 0.993. The third-order valence-electron chi connectivity index (χ3n) is 1.96. The first-order valence-corrected chi connectivity index (χ1v) is 5.88. The summed E-state index contributed by atoms with van der Waals surface area (Å²) in [5.41, 5.74) is 1.03. The van der Waals surface area contributed by atoms with Gasteiger partial charge in [-0.2, -0.15) is 0 Å². The van der Waals surface area contributed by atoms with Crippen LogP contribution >= 0.6 is 15.9 Å². The Hall–Kier alpha value is -1.07. The third kappa shape index (κ3) is 5.14. The third-order valence-corrected chi connectivity index (χ3v) is 2.46. The summed E-state index contributed by atoms with van der Waals surface area (Å²) in [4.78, 5) is 11.3. The van der Waals surface area contributed by atoms with Crippen molar-refractivity contribution in [2.45, 2.75) is 13.0 Å². The van der Waals surface area contributed by atoms with Gasteiger partial charge in [-0.25, -0.2) is 4.79 Å². The number of urea groups is 1. The average molecular weight is 287 g/mol. The predicted octanol–water partition coefficient (Wildman–Crippen LogP) is 1.63. The molecule has 4 nitrogen and oxygen atoms in total. The minimum absolute atomic E-state index is 0.0892. The van der Waals surface area contributed by atoms with Gasteiger partial charge in [0.1, 0.15) is 0 Å². The smallest absolute Gasteiger partial charge is 0.315 e. The number of amides is 2. The number of nitrogens with one attached hydrogen (secondary N) is 2. The second-order valence-corrected chi connectivity index (χ2v) is 4.23. The molecule has 3 N–H and O–H groups in total. The van der Waals surface area contributed by atoms with Crippen molar-refractivity contribution in [3.8, 4) is 0 Å². The Morgan fingerprint density at radius 2 is 2.19 bits per heavy atom. The number of carbonyl (C=O) groups is 1. The molecule has 1 aromatic rings. The Morgan fingerprint density at radius 1 is 1.38 bits per heavy atom. The van der Waals surface area contributed by atoms with Crippen molar-refractivity contribution in [3.05, 3.63) is 34.3 Å². The quantitative estimate of drug-likeness (QED) is 0.721. The molecule has 0 heterocycles. The maximum atomic E-state index is 11.3. The number of rotatable bonds is 5. The van der Waals surface area contributed by atoms with E-state index in [2.05, 4.69) is 26.6 Å². The van der Waals surface area contributed by atoms with E-state index in [-0.39, 0.29) is 12.6 Å². The van der Waals surface area contributed by atoms with Gasteiger partial charge in [0.05, 0.1) is 0 Å². The molecule has 0 radical (unpaired) electrons. The summed E-state index contributed by atoms with van der Waals surface area (Å²) in [5.74, 6) is 0. The molecule has 16 heavy (non-hydrogen) atoms. The second-order valence-electron chi connectivity index (χ2n) is 3.32. The molecule has 0 saturated heterocycles. The van der Waals surface area contributed by atoms with E-state index in [4.69, 9.17) is 5.11 Å². The molecule has 1 aromatic carbocycles. The van der Waals surface area contributed by atoms with E-state index >= 15 is 0 Å². The van der Waals surface area contributed by atoms with E-state index in [1.54, 1.807) is 0 Å². The molecule has 0 aliphatic rings. The van der Waals surface area contributed by atoms with Crippen LogP contribution in [0.4, 0.5) is 4.79 Å². The highest BCUT2D eigenvalue weighted by atomic mass is 79.9. The first-order chi connectivity index (χ1) is 7.72. The van der Waals surface area contributed by atoms with Gasteiger partial charge in [-0.05, 0) is 24.1 Å². The largest absolute Gasteiger partial charge is 0.396 e. The molecule has 88 valence electrons. The first-order valence-electron chi connectivity index (χ1n) is 5.09. The standard InChI is InChI=1S/C11H15BrN2O2/c12-10-4-1-3-9(7-10)8-14-11(16)13-5-2-6-15/h1,3-4,7,15H,2,5-6,8H2,(H2,13,14,16). The Bertz CT molecular complexity index is 345. The SMILES string of the molecule is O=C(NCCCO)NCc1cccc(Br)c1. The normalized spacial score (nSPS) is 9.88. The average Bonchev–Trinajstić information content (AvgIpc) is 2.27. The van der Waals surface area contributed by atoms with Gasteiger partial charge in [-0.15, -0.1) is 0 Å². The van der Waals surface area contributed by atoms with Crippen LogP contribution in [0.15, 0.2) is 28.7 Å². The summed E-state index contributed by atoms with van der Waals surface area (Å²) in [6, 6.07) is 7.54. The molecule has 0 fully saturated rings. The lowest BCUT2D eigenvalue weighted by Gasteiger charge is -2.07. The molecule has 0 aliphatic heterocycles. The van der Waals surface area contributed by atoms with Crippen LogP contribution in [0, 0.1) is 0 Å². The van der Waals surface area contributed by atoms with Gasteiger partial charge in [0, 0.05) is 24.2 Å². The Balaban J connectivity index is 2.26. The highest BCUT2D eigenvalue weighted by Gasteiger charge is 1.99. The first kappa shape index (κ1) is 13.0. The van der Waals surface area contributed by atoms with E-state index in [9.17, 15) is 4.79 Å². The van der Waals surface area contributed by atoms with E-state index in [1.807, 2.05) is 24.3 Å². The maximum Gasteiger partial charge on any atom is 0.315 e. The van der Waals surface area contributed by atoms with Crippen molar-refractivity contribution in [3.63, 3.8) is 0 Å². The summed E-state index contributed by atoms with van der Waals surface area (Å²) in [7, 11) is 0. The van der Waals surface area contributed by atoms with E-state index in [0.717, 1.165) is 10.0 Å². The van der Waals surface area contributed by atoms with Crippen molar-refractivity contribution in [1.82, 2.24) is 10.6 Å². The number of aliphatic hydroxyl groups excluding tert-OH is 1. The van der Waals surface area contributed by atoms with Crippen LogP contribution in [-0.4, -0.2) is 24.3 Å². The molecule has 0 aromatic heterocycles. The molecule has 0 saturated carbocycles. The Labute approximate surface area is 103 Å². The summed E-state index contributed by atoms with van der Waals surface area (Å²) in [5, 5.41) is 13.9. The summed E-state index contributed by atoms with van der Waals surface area (Å²) in [6.45, 7) is 1.07. The van der Waals surface area contributed by atoms with Gasteiger partial charge in [-0.3, -0.25) is 0 Å². The van der Waals surface area contributed by atoms with Crippen LogP contribution in [0.25, 0.3) is 0 Å². The van der Waals surface area contributed by atoms with Crippen molar-refractivity contribution in [1.29, 1.82) is 0 Å². The number of hydrogen-bond donors (Lipinski definition) is 3. The van der Waals surface area contributed by atoms with Gasteiger partial charge < -0.3 is 15.7 Å². The number of benzene rings is 1. The lowest BCUT2D eigenvalue weighted by atomic mass is 10.2. The molecule has 0 aliphatic carbocycles. The summed E-state index contributed by atoms with van der Waals surface area (Å²) in [6.07, 6.45) is 0.574. The van der Waals surface area contributed by atoms with Crippen LogP contribution in [0.1, 0.15) is 12.0 Å². The molecule has 0 atom stereocenters. The fourth-order valence-electron chi connectivity index (χ4n) is 1.17. The van der Waals surface area contributed by atoms with E-state index in [0.29, 0.717) is 19.5 Å². The van der Waals surface area contributed by atoms with Crippen molar-refractivity contribution in [2.75, 3.05) is 13.2 Å². The fraction of sp³-hybridized carbons (Fsp3) is 0.364. The fourth-order valence-corrected chi connectivity index (χ4v) is 1.62. The molecule has 0 bridgehead atoms. The topological polar surface area (TPSA) is 61.4 Å². The second kappa shape index (κ2) is 7.24. The molecule has 2 amide bonds. The molecular weight excluding hydrogens is 272 g/mol. The van der Waals surface area contributed by atoms with Crippen molar-refractivity contribution in [2.24, 2.45) is 0 Å². The maximum absolute atomic E-state index is 11.3. The molecule has 5 heteroatoms. The lowest BCUT2D eigenvalue weighted by molar-refractivity contribution is 0.237. The number of carbonyl (C=O) groups excluding carboxylic acids is 1. The Kier molecular flexibility index (Phi) is 5.88. The molecular formula is C11H15BrN2O2. The minimum atomic E-state index is -0.214. The monoisotopic (exact) mass is 286 g/mol. The van der Waals surface area contributed by atoms with Crippen LogP contribution < -0.4 is 10.6 Å². The highest BCUT2D eigenvalue weighted by Crippen LogP contribution is 2.11. The van der Waals surface area contributed by atoms with E-state index < -0.39 is 0 Å². The molecule has 1 rings (SSSR count). The van der Waals surface area contributed by atoms with E-state index in [1.165, 1.54) is 0 Å². The predicted molar refractivity (Wildman–Crippen MR) is 66.1 cm³/mol. The van der Waals surface area contributed by atoms with Crippen molar-refractivity contribution >= 4 is 22.0 Å². The van der Waals surface area contributed by atoms with Gasteiger partial charge in [0.25, 0.3) is 0 Å². The van der Waals surface area contributed by atoms with Crippen LogP contribution in [0.3, 0.4) is 0 Å². The summed E-state index contributed by atoms with van der Waals surface area (Å²) >= 11 is 3.36. The zero-order chi connectivity index (χ0) is 11.8. The minimum Gasteiger partial charge on any atom is -0.396 e. The molecule has 0 unspecified atom stereocenters. The highest BCUT2D eigenvalue weighted by molar-refractivity contribution is 9.10.